The van der Waals surface area contributed by atoms with E-state index >= 15 is 0 Å². The number of benzene rings is 1. The van der Waals surface area contributed by atoms with Gasteiger partial charge >= 0.3 is 0 Å². The molecule has 5 heteroatoms. The number of methoxy groups -OCH3 is 3. The predicted octanol–water partition coefficient (Wildman–Crippen LogP) is 3.00. The summed E-state index contributed by atoms with van der Waals surface area (Å²) in [6.45, 7) is 0. The molecule has 0 spiro atoms. The second-order valence-electron chi connectivity index (χ2n) is 3.72. The maximum atomic E-state index is 12.4. The second kappa shape index (κ2) is 5.75. The molecule has 1 heterocycles. The highest BCUT2D eigenvalue weighted by atomic mass is 32.1. The third-order valence-electron chi connectivity index (χ3n) is 2.70. The van der Waals surface area contributed by atoms with Gasteiger partial charge in [0.15, 0.2) is 11.5 Å². The summed E-state index contributed by atoms with van der Waals surface area (Å²) in [6.07, 6.45) is 0. The number of hydrogen-bond donors (Lipinski definition) is 0. The number of hydrogen-bond acceptors (Lipinski definition) is 5. The van der Waals surface area contributed by atoms with Crippen LogP contribution in [-0.2, 0) is 0 Å². The second-order valence-corrected chi connectivity index (χ2v) is 4.63. The summed E-state index contributed by atoms with van der Waals surface area (Å²) in [5.41, 5.74) is 0.540. The van der Waals surface area contributed by atoms with E-state index in [1.165, 1.54) is 18.4 Å². The zero-order valence-corrected chi connectivity index (χ0v) is 11.7. The molecule has 2 aromatic rings. The van der Waals surface area contributed by atoms with E-state index in [2.05, 4.69) is 0 Å². The molecular formula is C14H14O4S. The molecule has 4 nitrogen and oxygen atoms in total. The van der Waals surface area contributed by atoms with Gasteiger partial charge in [0.1, 0.15) is 10.6 Å². The molecule has 0 fully saturated rings. The maximum Gasteiger partial charge on any atom is 0.206 e. The molecule has 1 aromatic carbocycles. The van der Waals surface area contributed by atoms with Crippen molar-refractivity contribution in [3.63, 3.8) is 0 Å². The number of ketones is 1. The van der Waals surface area contributed by atoms with Gasteiger partial charge in [-0.25, -0.2) is 0 Å². The maximum absolute atomic E-state index is 12.4. The van der Waals surface area contributed by atoms with Crippen LogP contribution >= 0.6 is 11.3 Å². The van der Waals surface area contributed by atoms with E-state index in [0.717, 1.165) is 0 Å². The van der Waals surface area contributed by atoms with Crippen LogP contribution < -0.4 is 14.2 Å². The Morgan fingerprint density at radius 2 is 1.63 bits per heavy atom. The van der Waals surface area contributed by atoms with E-state index in [4.69, 9.17) is 14.2 Å². The summed E-state index contributed by atoms with van der Waals surface area (Å²) in [6, 6.07) is 6.87. The summed E-state index contributed by atoms with van der Waals surface area (Å²) < 4.78 is 15.5. The highest BCUT2D eigenvalue weighted by molar-refractivity contribution is 7.12. The molecule has 0 aliphatic rings. The summed E-state index contributed by atoms with van der Waals surface area (Å²) in [5.74, 6) is 1.62. The zero-order chi connectivity index (χ0) is 13.8. The Hall–Kier alpha value is -2.01. The van der Waals surface area contributed by atoms with Gasteiger partial charge < -0.3 is 14.2 Å². The van der Waals surface area contributed by atoms with Crippen LogP contribution in [0.5, 0.6) is 17.2 Å². The van der Waals surface area contributed by atoms with Crippen LogP contribution in [-0.4, -0.2) is 27.1 Å². The molecule has 0 bridgehead atoms. The van der Waals surface area contributed by atoms with Crippen LogP contribution in [0, 0.1) is 0 Å². The van der Waals surface area contributed by atoms with Gasteiger partial charge in [-0.2, -0.15) is 0 Å². The van der Waals surface area contributed by atoms with Gasteiger partial charge in [-0.05, 0) is 29.6 Å². The number of carbonyl (C=O) groups excluding carboxylic acids is 1. The van der Waals surface area contributed by atoms with Gasteiger partial charge in [-0.1, -0.05) is 0 Å². The van der Waals surface area contributed by atoms with Crippen LogP contribution in [0.2, 0.25) is 0 Å². The smallest absolute Gasteiger partial charge is 0.206 e. The Morgan fingerprint density at radius 3 is 2.26 bits per heavy atom. The van der Waals surface area contributed by atoms with Gasteiger partial charge in [-0.3, -0.25) is 4.79 Å². The van der Waals surface area contributed by atoms with Crippen molar-refractivity contribution in [2.45, 2.75) is 0 Å². The molecular weight excluding hydrogens is 264 g/mol. The number of rotatable bonds is 5. The summed E-state index contributed by atoms with van der Waals surface area (Å²) in [5, 5.41) is 1.83. The van der Waals surface area contributed by atoms with Crippen LogP contribution in [0.3, 0.4) is 0 Å². The highest BCUT2D eigenvalue weighted by Gasteiger charge is 2.17. The number of carbonyl (C=O) groups is 1. The fourth-order valence-corrected chi connectivity index (χ4v) is 2.55. The minimum Gasteiger partial charge on any atom is -0.495 e. The summed E-state index contributed by atoms with van der Waals surface area (Å²) >= 11 is 1.35. The first-order chi connectivity index (χ1) is 9.21. The van der Waals surface area contributed by atoms with E-state index in [1.54, 1.807) is 38.5 Å². The molecule has 0 radical (unpaired) electrons. The van der Waals surface area contributed by atoms with Crippen molar-refractivity contribution < 1.29 is 19.0 Å². The molecule has 0 saturated heterocycles. The van der Waals surface area contributed by atoms with Crippen molar-refractivity contribution >= 4 is 17.1 Å². The Kier molecular flexibility index (Phi) is 4.06. The number of thiophene rings is 1. The van der Waals surface area contributed by atoms with E-state index in [0.29, 0.717) is 27.7 Å². The van der Waals surface area contributed by atoms with Gasteiger partial charge in [0.2, 0.25) is 5.78 Å². The van der Waals surface area contributed by atoms with Gasteiger partial charge in [0.25, 0.3) is 0 Å². The molecule has 100 valence electrons. The quantitative estimate of drug-likeness (QED) is 0.789. The SMILES string of the molecule is COc1ccc(C(=O)c2sccc2OC)cc1OC. The zero-order valence-electron chi connectivity index (χ0n) is 10.9. The fourth-order valence-electron chi connectivity index (χ4n) is 1.73. The lowest BCUT2D eigenvalue weighted by Crippen LogP contribution is -2.02. The molecule has 0 unspecified atom stereocenters. The monoisotopic (exact) mass is 278 g/mol. The first-order valence-corrected chi connectivity index (χ1v) is 6.47. The van der Waals surface area contributed by atoms with Crippen molar-refractivity contribution in [2.75, 3.05) is 21.3 Å². The average Bonchev–Trinajstić information content (AvgIpc) is 2.94. The van der Waals surface area contributed by atoms with Crippen LogP contribution in [0.1, 0.15) is 15.2 Å². The van der Waals surface area contributed by atoms with E-state index in [9.17, 15) is 4.79 Å². The molecule has 0 amide bonds. The van der Waals surface area contributed by atoms with Crippen molar-refractivity contribution in [3.05, 3.63) is 40.1 Å². The van der Waals surface area contributed by atoms with Gasteiger partial charge in [0, 0.05) is 5.56 Å². The van der Waals surface area contributed by atoms with Gasteiger partial charge in [0.05, 0.1) is 21.3 Å². The lowest BCUT2D eigenvalue weighted by molar-refractivity contribution is 0.103. The standard InChI is InChI=1S/C14H14O4S/c1-16-10-5-4-9(8-12(10)18-3)13(15)14-11(17-2)6-7-19-14/h4-8H,1-3H3. The van der Waals surface area contributed by atoms with Crippen molar-refractivity contribution in [2.24, 2.45) is 0 Å². The largest absolute Gasteiger partial charge is 0.495 e. The third kappa shape index (κ3) is 2.56. The van der Waals surface area contributed by atoms with Crippen LogP contribution in [0.15, 0.2) is 29.6 Å². The molecule has 0 aliphatic carbocycles. The third-order valence-corrected chi connectivity index (χ3v) is 3.60. The van der Waals surface area contributed by atoms with E-state index in [1.807, 2.05) is 5.38 Å². The Balaban J connectivity index is 2.39. The van der Waals surface area contributed by atoms with Crippen LogP contribution in [0.25, 0.3) is 0 Å². The van der Waals surface area contributed by atoms with E-state index in [-0.39, 0.29) is 5.78 Å². The molecule has 0 atom stereocenters. The summed E-state index contributed by atoms with van der Waals surface area (Å²) in [4.78, 5) is 13.0. The molecule has 1 aromatic heterocycles. The normalized spacial score (nSPS) is 10.1. The Labute approximate surface area is 115 Å². The van der Waals surface area contributed by atoms with Gasteiger partial charge in [-0.15, -0.1) is 11.3 Å². The Morgan fingerprint density at radius 1 is 0.947 bits per heavy atom. The lowest BCUT2D eigenvalue weighted by atomic mass is 10.1. The minimum absolute atomic E-state index is 0.0900. The van der Waals surface area contributed by atoms with Crippen LogP contribution in [0.4, 0.5) is 0 Å². The molecule has 0 saturated carbocycles. The topological polar surface area (TPSA) is 44.8 Å². The first-order valence-electron chi connectivity index (χ1n) is 5.59. The van der Waals surface area contributed by atoms with Crippen molar-refractivity contribution in [3.8, 4) is 17.2 Å². The molecule has 0 N–H and O–H groups in total. The first kappa shape index (κ1) is 13.4. The Bertz CT molecular complexity index is 589. The molecule has 2 rings (SSSR count). The number of ether oxygens (including phenoxy) is 3. The minimum atomic E-state index is -0.0900. The molecule has 0 aliphatic heterocycles. The predicted molar refractivity (Wildman–Crippen MR) is 73.8 cm³/mol. The van der Waals surface area contributed by atoms with Crippen molar-refractivity contribution in [1.82, 2.24) is 0 Å². The average molecular weight is 278 g/mol. The highest BCUT2D eigenvalue weighted by Crippen LogP contribution is 2.31. The molecule has 19 heavy (non-hydrogen) atoms. The van der Waals surface area contributed by atoms with E-state index < -0.39 is 0 Å². The van der Waals surface area contributed by atoms with Crippen molar-refractivity contribution in [1.29, 1.82) is 0 Å². The lowest BCUT2D eigenvalue weighted by Gasteiger charge is -2.09. The summed E-state index contributed by atoms with van der Waals surface area (Å²) in [7, 11) is 4.65. The fraction of sp³-hybridized carbons (Fsp3) is 0.214.